The molecule has 0 amide bonds. The van der Waals surface area contributed by atoms with E-state index in [-0.39, 0.29) is 5.56 Å². The zero-order chi connectivity index (χ0) is 15.1. The van der Waals surface area contributed by atoms with Gasteiger partial charge >= 0.3 is 5.97 Å². The number of carbonyl (C=O) groups is 1. The van der Waals surface area contributed by atoms with Crippen LogP contribution in [0.5, 0.6) is 0 Å². The molecule has 0 saturated carbocycles. The Labute approximate surface area is 125 Å². The molecule has 6 nitrogen and oxygen atoms in total. The summed E-state index contributed by atoms with van der Waals surface area (Å²) in [5.41, 5.74) is 0.851. The van der Waals surface area contributed by atoms with Crippen LogP contribution in [-0.2, 0) is 22.4 Å². The lowest BCUT2D eigenvalue weighted by atomic mass is 9.89. The Hall–Kier alpha value is -1.76. The predicted molar refractivity (Wildman–Crippen MR) is 79.6 cm³/mol. The van der Waals surface area contributed by atoms with Crippen LogP contribution in [0, 0.1) is 5.92 Å². The van der Waals surface area contributed by atoms with Crippen molar-refractivity contribution in [2.75, 3.05) is 7.11 Å². The summed E-state index contributed by atoms with van der Waals surface area (Å²) in [6, 6.07) is -0.766. The van der Waals surface area contributed by atoms with Crippen LogP contribution < -0.4 is 5.56 Å². The average molecular weight is 307 g/mol. The molecule has 112 valence electrons. The van der Waals surface area contributed by atoms with Gasteiger partial charge in [-0.15, -0.1) is 16.4 Å². The summed E-state index contributed by atoms with van der Waals surface area (Å²) >= 11 is 1.55. The summed E-state index contributed by atoms with van der Waals surface area (Å²) < 4.78 is 5.80. The van der Waals surface area contributed by atoms with Gasteiger partial charge in [0.2, 0.25) is 0 Å². The van der Waals surface area contributed by atoms with E-state index in [9.17, 15) is 9.59 Å². The van der Waals surface area contributed by atoms with Gasteiger partial charge in [-0.2, -0.15) is 4.68 Å². The van der Waals surface area contributed by atoms with E-state index in [1.807, 2.05) is 0 Å². The van der Waals surface area contributed by atoms with Crippen molar-refractivity contribution in [3.05, 3.63) is 20.8 Å². The first-order valence-corrected chi connectivity index (χ1v) is 7.82. The lowest BCUT2D eigenvalue weighted by Gasteiger charge is -2.17. The largest absolute Gasteiger partial charge is 0.467 e. The summed E-state index contributed by atoms with van der Waals surface area (Å²) in [4.78, 5) is 26.2. The van der Waals surface area contributed by atoms with Crippen molar-refractivity contribution in [3.8, 4) is 0 Å². The predicted octanol–water partition coefficient (Wildman–Crippen LogP) is 1.71. The van der Waals surface area contributed by atoms with Gasteiger partial charge in [0.1, 0.15) is 0 Å². The zero-order valence-electron chi connectivity index (χ0n) is 12.3. The van der Waals surface area contributed by atoms with Crippen LogP contribution in [0.25, 0.3) is 10.2 Å². The molecule has 21 heavy (non-hydrogen) atoms. The van der Waals surface area contributed by atoms with Gasteiger partial charge in [-0.3, -0.25) is 4.79 Å². The van der Waals surface area contributed by atoms with Gasteiger partial charge in [0.05, 0.1) is 12.5 Å². The van der Waals surface area contributed by atoms with Gasteiger partial charge in [-0.25, -0.2) is 4.79 Å². The summed E-state index contributed by atoms with van der Waals surface area (Å²) in [7, 11) is 1.30. The van der Waals surface area contributed by atoms with E-state index < -0.39 is 12.0 Å². The van der Waals surface area contributed by atoms with E-state index in [4.69, 9.17) is 0 Å². The molecule has 0 bridgehead atoms. The van der Waals surface area contributed by atoms with E-state index in [1.165, 1.54) is 12.0 Å². The van der Waals surface area contributed by atoms with Crippen LogP contribution in [0.1, 0.15) is 36.8 Å². The maximum absolute atomic E-state index is 12.7. The topological polar surface area (TPSA) is 74.1 Å². The van der Waals surface area contributed by atoms with Crippen LogP contribution in [0.2, 0.25) is 0 Å². The second kappa shape index (κ2) is 5.22. The minimum atomic E-state index is -0.766. The fourth-order valence-corrected chi connectivity index (χ4v) is 4.11. The molecule has 1 aliphatic rings. The zero-order valence-corrected chi connectivity index (χ0v) is 13.1. The number of nitrogens with zero attached hydrogens (tertiary/aromatic N) is 3. The summed E-state index contributed by atoms with van der Waals surface area (Å²) in [5.74, 6) is 0.137. The Morgan fingerprint density at radius 2 is 2.29 bits per heavy atom. The smallest absolute Gasteiger partial charge is 0.330 e. The average Bonchev–Trinajstić information content (AvgIpc) is 2.84. The van der Waals surface area contributed by atoms with Crippen molar-refractivity contribution < 1.29 is 9.53 Å². The van der Waals surface area contributed by atoms with Crippen LogP contribution in [-0.4, -0.2) is 28.1 Å². The maximum Gasteiger partial charge on any atom is 0.330 e. The van der Waals surface area contributed by atoms with Crippen molar-refractivity contribution in [1.82, 2.24) is 15.0 Å². The Balaban J connectivity index is 2.17. The van der Waals surface area contributed by atoms with E-state index in [0.29, 0.717) is 16.1 Å². The minimum absolute atomic E-state index is 0.245. The highest BCUT2D eigenvalue weighted by Crippen LogP contribution is 2.35. The van der Waals surface area contributed by atoms with E-state index >= 15 is 0 Å². The third-order valence-corrected chi connectivity index (χ3v) is 5.19. The molecule has 0 unspecified atom stereocenters. The summed E-state index contributed by atoms with van der Waals surface area (Å²) in [6.07, 6.45) is 2.96. The third-order valence-electron chi connectivity index (χ3n) is 4.06. The highest BCUT2D eigenvalue weighted by atomic mass is 32.1. The molecule has 1 aliphatic carbocycles. The number of carbonyl (C=O) groups excluding carboxylic acids is 1. The quantitative estimate of drug-likeness (QED) is 0.790. The number of ether oxygens (including phenoxy) is 1. The van der Waals surface area contributed by atoms with Crippen LogP contribution in [0.3, 0.4) is 0 Å². The molecule has 0 fully saturated rings. The van der Waals surface area contributed by atoms with Crippen molar-refractivity contribution in [2.45, 2.75) is 39.2 Å². The second-order valence-electron chi connectivity index (χ2n) is 5.57. The lowest BCUT2D eigenvalue weighted by Crippen LogP contribution is -2.32. The second-order valence-corrected chi connectivity index (χ2v) is 6.65. The monoisotopic (exact) mass is 307 g/mol. The van der Waals surface area contributed by atoms with Crippen LogP contribution in [0.15, 0.2) is 4.79 Å². The number of methoxy groups -OCH3 is 1. The van der Waals surface area contributed by atoms with Crippen LogP contribution in [0.4, 0.5) is 0 Å². The van der Waals surface area contributed by atoms with E-state index in [1.54, 1.807) is 18.3 Å². The number of hydrogen-bond donors (Lipinski definition) is 0. The first-order valence-electron chi connectivity index (χ1n) is 7.00. The van der Waals surface area contributed by atoms with Crippen LogP contribution >= 0.6 is 11.3 Å². The van der Waals surface area contributed by atoms with Gasteiger partial charge in [0.25, 0.3) is 5.56 Å². The van der Waals surface area contributed by atoms with Crippen molar-refractivity contribution >= 4 is 27.5 Å². The molecule has 2 aromatic heterocycles. The number of rotatable bonds is 2. The van der Waals surface area contributed by atoms with E-state index in [2.05, 4.69) is 22.0 Å². The first kappa shape index (κ1) is 14.2. The maximum atomic E-state index is 12.7. The van der Waals surface area contributed by atoms with Crippen molar-refractivity contribution in [1.29, 1.82) is 0 Å². The Morgan fingerprint density at radius 3 is 3.00 bits per heavy atom. The van der Waals surface area contributed by atoms with Gasteiger partial charge in [0, 0.05) is 4.88 Å². The third kappa shape index (κ3) is 2.25. The number of aromatic nitrogens is 3. The normalized spacial score (nSPS) is 19.3. The first-order chi connectivity index (χ1) is 10.0. The fourth-order valence-electron chi connectivity index (χ4n) is 2.80. The van der Waals surface area contributed by atoms with Gasteiger partial charge in [0.15, 0.2) is 10.9 Å². The molecule has 0 spiro atoms. The molecule has 0 aromatic carbocycles. The highest BCUT2D eigenvalue weighted by Gasteiger charge is 2.26. The SMILES string of the molecule is COC(=O)[C@H](C)n1nnc2sc3c(c2c1=O)CC[C@@H](C)C3. The minimum Gasteiger partial charge on any atom is -0.467 e. The number of hydrogen-bond acceptors (Lipinski definition) is 6. The molecule has 2 aromatic rings. The van der Waals surface area contributed by atoms with Crippen molar-refractivity contribution in [3.63, 3.8) is 0 Å². The van der Waals surface area contributed by atoms with Gasteiger partial charge in [-0.05, 0) is 37.7 Å². The molecule has 3 rings (SSSR count). The van der Waals surface area contributed by atoms with E-state index in [0.717, 1.165) is 29.5 Å². The number of thiophene rings is 1. The molecular weight excluding hydrogens is 290 g/mol. The standard InChI is InChI=1S/C14H17N3O3S/c1-7-4-5-9-10(6-7)21-12-11(9)13(18)17(16-15-12)8(2)14(19)20-3/h7-8H,4-6H2,1-3H3/t7-,8+/m1/s1. The summed E-state index contributed by atoms with van der Waals surface area (Å²) in [6.45, 7) is 3.81. The fraction of sp³-hybridized carbons (Fsp3) is 0.571. The molecule has 0 aliphatic heterocycles. The van der Waals surface area contributed by atoms with Gasteiger partial charge < -0.3 is 4.74 Å². The Kier molecular flexibility index (Phi) is 3.52. The molecule has 7 heteroatoms. The Bertz CT molecular complexity index is 765. The molecule has 0 saturated heterocycles. The molecule has 0 N–H and O–H groups in total. The molecule has 0 radical (unpaired) electrons. The van der Waals surface area contributed by atoms with Gasteiger partial charge in [-0.1, -0.05) is 12.1 Å². The molecular formula is C14H17N3O3S. The lowest BCUT2D eigenvalue weighted by molar-refractivity contribution is -0.144. The molecule has 2 heterocycles. The number of fused-ring (bicyclic) bond motifs is 3. The van der Waals surface area contributed by atoms with Crippen molar-refractivity contribution in [2.24, 2.45) is 5.92 Å². The summed E-state index contributed by atoms with van der Waals surface area (Å²) in [5, 5.41) is 8.67. The number of esters is 1. The highest BCUT2D eigenvalue weighted by molar-refractivity contribution is 7.18. The Morgan fingerprint density at radius 1 is 1.52 bits per heavy atom. The molecule has 2 atom stereocenters. The number of aryl methyl sites for hydroxylation is 1.